The molecule has 0 saturated heterocycles. The highest BCUT2D eigenvalue weighted by molar-refractivity contribution is 7.92. The summed E-state index contributed by atoms with van der Waals surface area (Å²) in [7, 11) is -3.47. The van der Waals surface area contributed by atoms with E-state index in [-0.39, 0.29) is 6.10 Å². The van der Waals surface area contributed by atoms with Crippen LogP contribution in [0, 0.1) is 33.2 Å². The number of thiocyanates is 1. The molecule has 0 radical (unpaired) electrons. The van der Waals surface area contributed by atoms with Gasteiger partial charge in [0.05, 0.1) is 6.10 Å². The van der Waals surface area contributed by atoms with Crippen LogP contribution in [-0.2, 0) is 14.2 Å². The third kappa shape index (κ3) is 3.95. The average molecular weight is 298 g/mol. The van der Waals surface area contributed by atoms with E-state index in [1.54, 1.807) is 0 Å². The Balaban J connectivity index is 1.86. The zero-order valence-corrected chi connectivity index (χ0v) is 13.2. The lowest BCUT2D eigenvalue weighted by molar-refractivity contribution is 0.0790. The van der Waals surface area contributed by atoms with Gasteiger partial charge in [-0.25, -0.2) is 8.99 Å². The summed E-state index contributed by atoms with van der Waals surface area (Å²) in [6.07, 6.45) is 10.6. The molecule has 3 unspecified atom stereocenters. The van der Waals surface area contributed by atoms with Crippen molar-refractivity contribution in [3.05, 3.63) is 0 Å². The largest absolute Gasteiger partial charge is 0.271 e. The van der Waals surface area contributed by atoms with E-state index in [4.69, 9.17) is 14.2 Å². The number of nitrogens with zero attached hydrogens (tertiary/aromatic N) is 1. The Morgan fingerprint density at radius 1 is 1.20 bits per heavy atom. The van der Waals surface area contributed by atoms with E-state index >= 15 is 0 Å². The monoisotopic (exact) mass is 298 g/mol. The highest BCUT2D eigenvalue weighted by Crippen LogP contribution is 2.43. The molecule has 2 aliphatic rings. The lowest BCUT2D eigenvalue weighted by Gasteiger charge is -2.40. The van der Waals surface area contributed by atoms with E-state index in [0.29, 0.717) is 0 Å². The molecular weight excluding hydrogens is 272 g/mol. The predicted octanol–water partition coefficient (Wildman–Crippen LogP) is 4.22. The molecule has 20 heavy (non-hydrogen) atoms. The molecule has 1 N–H and O–H groups in total. The van der Waals surface area contributed by atoms with Gasteiger partial charge < -0.3 is 0 Å². The van der Waals surface area contributed by atoms with Gasteiger partial charge in [0.1, 0.15) is 0 Å². The second kappa shape index (κ2) is 6.91. The summed E-state index contributed by atoms with van der Waals surface area (Å²) in [5, 5.41) is 10.1. The van der Waals surface area contributed by atoms with E-state index in [9.17, 15) is 4.21 Å². The van der Waals surface area contributed by atoms with Gasteiger partial charge in [-0.1, -0.05) is 32.6 Å². The number of rotatable bonds is 4. The highest BCUT2D eigenvalue weighted by Gasteiger charge is 2.34. The molecule has 114 valence electrons. The molecule has 0 aromatic carbocycles. The molecule has 2 saturated carbocycles. The van der Waals surface area contributed by atoms with Crippen LogP contribution in [0.5, 0.6) is 0 Å². The molecule has 0 heterocycles. The van der Waals surface area contributed by atoms with Gasteiger partial charge >= 0.3 is 0 Å². The first-order chi connectivity index (χ1) is 9.55. The minimum atomic E-state index is -3.47. The third-order valence-corrected chi connectivity index (χ3v) is 5.99. The predicted molar refractivity (Wildman–Crippen MR) is 79.0 cm³/mol. The van der Waals surface area contributed by atoms with Gasteiger partial charge in [0.15, 0.2) is 0 Å². The van der Waals surface area contributed by atoms with Crippen molar-refractivity contribution in [1.82, 2.24) is 0 Å². The summed E-state index contributed by atoms with van der Waals surface area (Å²) >= 11 is 0. The molecule has 0 amide bonds. The van der Waals surface area contributed by atoms with Gasteiger partial charge in [-0.2, -0.15) is 5.26 Å². The average Bonchev–Trinajstić information content (AvgIpc) is 2.48. The maximum Gasteiger partial charge on any atom is 0.258 e. The molecule has 0 bridgehead atoms. The van der Waals surface area contributed by atoms with E-state index < -0.39 is 10.0 Å². The first kappa shape index (κ1) is 15.8. The summed E-state index contributed by atoms with van der Waals surface area (Å²) in [4.78, 5) is 0. The zero-order chi connectivity index (χ0) is 14.6. The summed E-state index contributed by atoms with van der Waals surface area (Å²) in [5.41, 5.74) is 0. The molecule has 0 aliphatic heterocycles. The molecule has 5 heteroatoms. The Morgan fingerprint density at radius 2 is 1.85 bits per heavy atom. The van der Waals surface area contributed by atoms with Crippen LogP contribution in [-0.4, -0.2) is 10.3 Å². The van der Waals surface area contributed by atoms with Crippen molar-refractivity contribution in [2.24, 2.45) is 17.8 Å². The van der Waals surface area contributed by atoms with Gasteiger partial charge in [-0.3, -0.25) is 4.18 Å². The van der Waals surface area contributed by atoms with Crippen molar-refractivity contribution in [1.29, 1.82) is 10.0 Å². The first-order valence-electron chi connectivity index (χ1n) is 7.93. The van der Waals surface area contributed by atoms with E-state index in [2.05, 4.69) is 6.92 Å². The normalized spacial score (nSPS) is 37.8. The maximum absolute atomic E-state index is 11.4. The second-order valence-electron chi connectivity index (χ2n) is 6.34. The van der Waals surface area contributed by atoms with Crippen molar-refractivity contribution in [3.63, 3.8) is 0 Å². The third-order valence-electron chi connectivity index (χ3n) is 5.21. The van der Waals surface area contributed by atoms with Crippen LogP contribution < -0.4 is 0 Å². The molecule has 2 rings (SSSR count). The van der Waals surface area contributed by atoms with Gasteiger partial charge in [0.25, 0.3) is 10.0 Å². The van der Waals surface area contributed by atoms with Crippen molar-refractivity contribution < 1.29 is 8.39 Å². The topological polar surface area (TPSA) is 73.9 Å². The summed E-state index contributed by atoms with van der Waals surface area (Å²) in [6.45, 7) is 2.31. The lowest BCUT2D eigenvalue weighted by Crippen LogP contribution is -2.32. The number of nitrogens with one attached hydrogen (secondary N) is 1. The molecule has 4 nitrogen and oxygen atoms in total. The number of nitriles is 1. The second-order valence-corrected chi connectivity index (χ2v) is 7.73. The molecule has 2 fully saturated rings. The van der Waals surface area contributed by atoms with Gasteiger partial charge in [0.2, 0.25) is 5.40 Å². The van der Waals surface area contributed by atoms with E-state index in [0.717, 1.165) is 43.4 Å². The van der Waals surface area contributed by atoms with E-state index in [1.807, 2.05) is 0 Å². The standard InChI is InChI=1S/C15H26N2O2S/c1-2-12-5-3-4-6-15(12)13-7-9-14(10-8-13)19-20(17,18)11-16/h12-15,17H,2-10H2,1H3. The molecule has 0 aromatic rings. The summed E-state index contributed by atoms with van der Waals surface area (Å²) in [6, 6.07) is 0. The van der Waals surface area contributed by atoms with Crippen molar-refractivity contribution in [2.45, 2.75) is 70.8 Å². The van der Waals surface area contributed by atoms with Crippen LogP contribution in [0.25, 0.3) is 0 Å². The Bertz CT molecular complexity index is 447. The quantitative estimate of drug-likeness (QED) is 0.789. The number of hydrogen-bond acceptors (Lipinski definition) is 4. The molecule has 2 aliphatic carbocycles. The fourth-order valence-corrected chi connectivity index (χ4v) is 4.81. The number of hydrogen-bond donors (Lipinski definition) is 1. The Labute approximate surface area is 123 Å². The van der Waals surface area contributed by atoms with Crippen LogP contribution in [0.1, 0.15) is 64.7 Å². The SMILES string of the molecule is CCC1CCCCC1C1CCC(OS(=N)(=O)C#N)CC1. The van der Waals surface area contributed by atoms with Crippen LogP contribution >= 0.6 is 0 Å². The zero-order valence-electron chi connectivity index (χ0n) is 12.3. The fraction of sp³-hybridized carbons (Fsp3) is 0.933. The van der Waals surface area contributed by atoms with Crippen molar-refractivity contribution in [3.8, 4) is 5.40 Å². The molecule has 0 spiro atoms. The van der Waals surface area contributed by atoms with Crippen molar-refractivity contribution in [2.75, 3.05) is 0 Å². The fourth-order valence-electron chi connectivity index (χ4n) is 4.19. The van der Waals surface area contributed by atoms with Gasteiger partial charge in [0, 0.05) is 0 Å². The Kier molecular flexibility index (Phi) is 5.45. The van der Waals surface area contributed by atoms with Gasteiger partial charge in [-0.05, 0) is 49.9 Å². The van der Waals surface area contributed by atoms with Crippen LogP contribution in [0.2, 0.25) is 0 Å². The minimum Gasteiger partial charge on any atom is -0.271 e. The Hall–Kier alpha value is -0.600. The van der Waals surface area contributed by atoms with Crippen LogP contribution in [0.15, 0.2) is 0 Å². The van der Waals surface area contributed by atoms with Gasteiger partial charge in [-0.15, -0.1) is 0 Å². The smallest absolute Gasteiger partial charge is 0.258 e. The first-order valence-corrected chi connectivity index (χ1v) is 9.42. The molecule has 0 aromatic heterocycles. The van der Waals surface area contributed by atoms with Crippen molar-refractivity contribution >= 4 is 10.0 Å². The minimum absolute atomic E-state index is 0.153. The van der Waals surface area contributed by atoms with Crippen LogP contribution in [0.3, 0.4) is 0 Å². The lowest BCUT2D eigenvalue weighted by atomic mass is 9.67. The Morgan fingerprint density at radius 3 is 2.45 bits per heavy atom. The summed E-state index contributed by atoms with van der Waals surface area (Å²) in [5.74, 6) is 2.50. The summed E-state index contributed by atoms with van der Waals surface area (Å²) < 4.78 is 23.8. The van der Waals surface area contributed by atoms with E-state index in [1.165, 1.54) is 37.5 Å². The maximum atomic E-state index is 11.4. The highest BCUT2D eigenvalue weighted by atomic mass is 32.2. The molecular formula is C15H26N2O2S. The molecule has 3 atom stereocenters. The van der Waals surface area contributed by atoms with Crippen LogP contribution in [0.4, 0.5) is 0 Å².